The first-order chi connectivity index (χ1) is 14.7. The first-order valence-corrected chi connectivity index (χ1v) is 11.3. The standard InChI is InChI=1S/C27H34N2O/c1-5-28(6-2)26(21-15-11-9-12-16-21)23-19-20-24(30)25(23)27(29(7-3)8-4)22-17-13-10-14-18-22/h9-18H,5-8,19-20H2,1-4H3. The monoisotopic (exact) mass is 402 g/mol. The molecule has 3 heteroatoms. The molecule has 2 aromatic rings. The van der Waals surface area contributed by atoms with Gasteiger partial charge >= 0.3 is 0 Å². The van der Waals surface area contributed by atoms with Crippen LogP contribution in [-0.2, 0) is 4.79 Å². The van der Waals surface area contributed by atoms with E-state index in [0.717, 1.165) is 49.4 Å². The highest BCUT2D eigenvalue weighted by Crippen LogP contribution is 2.40. The van der Waals surface area contributed by atoms with Gasteiger partial charge in [-0.1, -0.05) is 60.7 Å². The van der Waals surface area contributed by atoms with Crippen molar-refractivity contribution in [2.24, 2.45) is 0 Å². The van der Waals surface area contributed by atoms with E-state index in [4.69, 9.17) is 0 Å². The molecule has 30 heavy (non-hydrogen) atoms. The van der Waals surface area contributed by atoms with E-state index in [1.54, 1.807) is 0 Å². The van der Waals surface area contributed by atoms with Gasteiger partial charge in [0.05, 0.1) is 5.70 Å². The highest BCUT2D eigenvalue weighted by molar-refractivity contribution is 6.11. The maximum Gasteiger partial charge on any atom is 0.165 e. The van der Waals surface area contributed by atoms with Crippen molar-refractivity contribution >= 4 is 17.2 Å². The fourth-order valence-electron chi connectivity index (χ4n) is 4.47. The van der Waals surface area contributed by atoms with Gasteiger partial charge in [0.25, 0.3) is 0 Å². The van der Waals surface area contributed by atoms with Crippen LogP contribution in [0.1, 0.15) is 51.7 Å². The Kier molecular flexibility index (Phi) is 7.51. The quantitative estimate of drug-likeness (QED) is 0.517. The number of carbonyl (C=O) groups is 1. The molecule has 1 aliphatic rings. The lowest BCUT2D eigenvalue weighted by Crippen LogP contribution is -2.26. The molecule has 0 bridgehead atoms. The Morgan fingerprint density at radius 3 is 1.57 bits per heavy atom. The van der Waals surface area contributed by atoms with Gasteiger partial charge in [0.2, 0.25) is 0 Å². The molecule has 1 fully saturated rings. The van der Waals surface area contributed by atoms with Gasteiger partial charge in [0.15, 0.2) is 5.78 Å². The molecule has 0 amide bonds. The SMILES string of the molecule is CCN(CC)C(=C1CCC(=O)C1=C(c1ccccc1)N(CC)CC)c1ccccc1. The molecule has 1 saturated carbocycles. The van der Waals surface area contributed by atoms with E-state index in [0.29, 0.717) is 6.42 Å². The lowest BCUT2D eigenvalue weighted by Gasteiger charge is -2.30. The summed E-state index contributed by atoms with van der Waals surface area (Å²) < 4.78 is 0. The zero-order valence-corrected chi connectivity index (χ0v) is 18.8. The third-order valence-electron chi connectivity index (χ3n) is 5.96. The van der Waals surface area contributed by atoms with E-state index in [9.17, 15) is 4.79 Å². The summed E-state index contributed by atoms with van der Waals surface area (Å²) in [6.45, 7) is 12.3. The number of Topliss-reactive ketones (excluding diaryl/α,β-unsaturated/α-hetero) is 1. The number of ketones is 1. The second-order valence-corrected chi connectivity index (χ2v) is 7.55. The van der Waals surface area contributed by atoms with E-state index in [2.05, 4.69) is 92.1 Å². The van der Waals surface area contributed by atoms with Crippen LogP contribution in [0, 0.1) is 0 Å². The van der Waals surface area contributed by atoms with Gasteiger partial charge in [0.1, 0.15) is 0 Å². The molecule has 0 spiro atoms. The molecule has 2 aromatic carbocycles. The van der Waals surface area contributed by atoms with E-state index in [1.165, 1.54) is 16.8 Å². The summed E-state index contributed by atoms with van der Waals surface area (Å²) >= 11 is 0. The fraction of sp³-hybridized carbons (Fsp3) is 0.370. The Balaban J connectivity index is 2.36. The van der Waals surface area contributed by atoms with Crippen molar-refractivity contribution in [2.45, 2.75) is 40.5 Å². The first kappa shape index (κ1) is 21.9. The second-order valence-electron chi connectivity index (χ2n) is 7.55. The van der Waals surface area contributed by atoms with Crippen LogP contribution in [0.4, 0.5) is 0 Å². The molecule has 0 aliphatic heterocycles. The highest BCUT2D eigenvalue weighted by Gasteiger charge is 2.32. The highest BCUT2D eigenvalue weighted by atomic mass is 16.1. The van der Waals surface area contributed by atoms with Gasteiger partial charge in [-0.15, -0.1) is 0 Å². The number of hydrogen-bond acceptors (Lipinski definition) is 3. The minimum atomic E-state index is 0.261. The van der Waals surface area contributed by atoms with Crippen LogP contribution in [0.15, 0.2) is 71.8 Å². The number of hydrogen-bond donors (Lipinski definition) is 0. The summed E-state index contributed by atoms with van der Waals surface area (Å²) in [5, 5.41) is 0. The summed E-state index contributed by atoms with van der Waals surface area (Å²) in [6, 6.07) is 21.0. The number of rotatable bonds is 8. The van der Waals surface area contributed by atoms with E-state index < -0.39 is 0 Å². The molecule has 1 aliphatic carbocycles. The van der Waals surface area contributed by atoms with Gasteiger partial charge < -0.3 is 9.80 Å². The number of carbonyl (C=O) groups excluding carboxylic acids is 1. The molecule has 0 saturated heterocycles. The molecule has 0 aromatic heterocycles. The van der Waals surface area contributed by atoms with Crippen molar-refractivity contribution in [1.29, 1.82) is 0 Å². The molecule has 3 rings (SSSR count). The summed E-state index contributed by atoms with van der Waals surface area (Å²) in [7, 11) is 0. The third-order valence-corrected chi connectivity index (χ3v) is 5.96. The lowest BCUT2D eigenvalue weighted by atomic mass is 9.95. The normalized spacial score (nSPS) is 17.1. The number of benzene rings is 2. The zero-order chi connectivity index (χ0) is 21.5. The fourth-order valence-corrected chi connectivity index (χ4v) is 4.47. The van der Waals surface area contributed by atoms with Gasteiger partial charge in [-0.3, -0.25) is 4.79 Å². The molecule has 3 nitrogen and oxygen atoms in total. The molecule has 0 radical (unpaired) electrons. The molecule has 0 heterocycles. The first-order valence-electron chi connectivity index (χ1n) is 11.3. The molecular weight excluding hydrogens is 368 g/mol. The summed E-state index contributed by atoms with van der Waals surface area (Å²) in [5.74, 6) is 0.261. The van der Waals surface area contributed by atoms with Gasteiger partial charge in [0, 0.05) is 43.9 Å². The Morgan fingerprint density at radius 1 is 0.667 bits per heavy atom. The van der Waals surface area contributed by atoms with Gasteiger partial charge in [-0.05, 0) is 50.8 Å². The lowest BCUT2D eigenvalue weighted by molar-refractivity contribution is -0.114. The Labute approximate surface area is 181 Å². The van der Waals surface area contributed by atoms with Crippen LogP contribution >= 0.6 is 0 Å². The Morgan fingerprint density at radius 2 is 1.10 bits per heavy atom. The van der Waals surface area contributed by atoms with Crippen molar-refractivity contribution < 1.29 is 4.79 Å². The zero-order valence-electron chi connectivity index (χ0n) is 18.8. The Hall–Kier alpha value is -2.81. The van der Waals surface area contributed by atoms with E-state index in [1.807, 2.05) is 6.07 Å². The van der Waals surface area contributed by atoms with Crippen LogP contribution in [0.3, 0.4) is 0 Å². The molecular formula is C27H34N2O. The van der Waals surface area contributed by atoms with Crippen molar-refractivity contribution in [1.82, 2.24) is 9.80 Å². The Bertz CT molecular complexity index is 904. The largest absolute Gasteiger partial charge is 0.371 e. The summed E-state index contributed by atoms with van der Waals surface area (Å²) in [6.07, 6.45) is 1.38. The smallest absolute Gasteiger partial charge is 0.165 e. The molecule has 0 atom stereocenters. The van der Waals surface area contributed by atoms with Crippen LogP contribution in [0.2, 0.25) is 0 Å². The van der Waals surface area contributed by atoms with Crippen LogP contribution in [0.25, 0.3) is 11.4 Å². The van der Waals surface area contributed by atoms with Crippen LogP contribution < -0.4 is 0 Å². The third kappa shape index (κ3) is 4.35. The average molecular weight is 403 g/mol. The predicted octanol–water partition coefficient (Wildman–Crippen LogP) is 5.86. The second kappa shape index (κ2) is 10.3. The average Bonchev–Trinajstić information content (AvgIpc) is 3.17. The maximum atomic E-state index is 13.3. The molecule has 158 valence electrons. The minimum Gasteiger partial charge on any atom is -0.371 e. The van der Waals surface area contributed by atoms with E-state index in [-0.39, 0.29) is 5.78 Å². The molecule has 0 unspecified atom stereocenters. The number of allylic oxidation sites excluding steroid dienone is 2. The van der Waals surface area contributed by atoms with E-state index >= 15 is 0 Å². The predicted molar refractivity (Wildman–Crippen MR) is 127 cm³/mol. The summed E-state index contributed by atoms with van der Waals surface area (Å²) in [5.41, 5.74) is 6.71. The van der Waals surface area contributed by atoms with Gasteiger partial charge in [-0.25, -0.2) is 0 Å². The van der Waals surface area contributed by atoms with Crippen molar-refractivity contribution in [3.63, 3.8) is 0 Å². The maximum absolute atomic E-state index is 13.3. The van der Waals surface area contributed by atoms with Crippen LogP contribution in [-0.4, -0.2) is 41.8 Å². The topological polar surface area (TPSA) is 23.6 Å². The van der Waals surface area contributed by atoms with Crippen LogP contribution in [0.5, 0.6) is 0 Å². The molecule has 0 N–H and O–H groups in total. The van der Waals surface area contributed by atoms with Gasteiger partial charge in [-0.2, -0.15) is 0 Å². The van der Waals surface area contributed by atoms with Crippen molar-refractivity contribution in [3.8, 4) is 0 Å². The number of nitrogens with zero attached hydrogens (tertiary/aromatic N) is 2. The summed E-state index contributed by atoms with van der Waals surface area (Å²) in [4.78, 5) is 18.1. The minimum absolute atomic E-state index is 0.261. The van der Waals surface area contributed by atoms with Crippen molar-refractivity contribution in [2.75, 3.05) is 26.2 Å². The van der Waals surface area contributed by atoms with Crippen molar-refractivity contribution in [3.05, 3.63) is 82.9 Å².